The zero-order valence-electron chi connectivity index (χ0n) is 22.4. The quantitative estimate of drug-likeness (QED) is 0.158. The molecule has 1 heterocycles. The van der Waals surface area contributed by atoms with Crippen molar-refractivity contribution < 1.29 is 23.6 Å². The molecule has 0 saturated heterocycles. The Morgan fingerprint density at radius 1 is 0.707 bits per heavy atom. The zero-order valence-corrected chi connectivity index (χ0v) is 22.4. The first-order chi connectivity index (χ1) is 20.1. The molecule has 0 aliphatic rings. The molecule has 0 aliphatic heterocycles. The standard InChI is InChI=1S/C34H29N3O4/c38-33(29-13-5-2-6-14-29)41-25-37-21-9-10-27(23-37)22-35-34(39)36-30-19-17-26(18-20-30)24-40-32-16-8-7-15-31(32)28-11-3-1-4-12-28/h1-21,23H,22,24-25H2,(H-,35,36,39)/p+1. The summed E-state index contributed by atoms with van der Waals surface area (Å²) >= 11 is 0. The lowest BCUT2D eigenvalue weighted by Gasteiger charge is -2.12. The fourth-order valence-electron chi connectivity index (χ4n) is 4.20. The number of carbonyl (C=O) groups is 2. The van der Waals surface area contributed by atoms with E-state index in [1.54, 1.807) is 35.0 Å². The number of rotatable bonds is 10. The lowest BCUT2D eigenvalue weighted by atomic mass is 10.0. The van der Waals surface area contributed by atoms with Gasteiger partial charge in [0.25, 0.3) is 6.73 Å². The molecule has 2 amide bonds. The SMILES string of the molecule is O=C(NCc1ccc[n+](COC(=O)c2ccccc2)c1)Nc1ccc(COc2ccccc2-c2ccccc2)cc1. The van der Waals surface area contributed by atoms with Crippen LogP contribution in [0, 0.1) is 0 Å². The Bertz CT molecular complexity index is 1590. The molecule has 7 nitrogen and oxygen atoms in total. The molecule has 0 aliphatic carbocycles. The number of urea groups is 1. The summed E-state index contributed by atoms with van der Waals surface area (Å²) < 4.78 is 13.2. The maximum Gasteiger partial charge on any atom is 0.342 e. The van der Waals surface area contributed by atoms with Crippen molar-refractivity contribution in [3.63, 3.8) is 0 Å². The number of benzene rings is 4. The van der Waals surface area contributed by atoms with E-state index in [2.05, 4.69) is 22.8 Å². The Labute approximate surface area is 239 Å². The fraction of sp³-hybridized carbons (Fsp3) is 0.0882. The van der Waals surface area contributed by atoms with Crippen LogP contribution >= 0.6 is 0 Å². The Hall–Kier alpha value is -5.43. The molecule has 0 radical (unpaired) electrons. The van der Waals surface area contributed by atoms with E-state index in [0.29, 0.717) is 24.4 Å². The summed E-state index contributed by atoms with van der Waals surface area (Å²) in [6.45, 7) is 0.790. The van der Waals surface area contributed by atoms with Crippen molar-refractivity contribution >= 4 is 17.7 Å². The predicted molar refractivity (Wildman–Crippen MR) is 157 cm³/mol. The second-order valence-electron chi connectivity index (χ2n) is 9.31. The van der Waals surface area contributed by atoms with Gasteiger partial charge in [-0.25, -0.2) is 9.59 Å². The molecule has 0 fully saturated rings. The van der Waals surface area contributed by atoms with Crippen molar-refractivity contribution in [3.8, 4) is 16.9 Å². The number of esters is 1. The number of nitrogens with zero attached hydrogens (tertiary/aromatic N) is 1. The molecule has 4 aromatic carbocycles. The Kier molecular flexibility index (Phi) is 8.99. The Balaban J connectivity index is 1.08. The van der Waals surface area contributed by atoms with Gasteiger partial charge in [0, 0.05) is 22.9 Å². The molecule has 41 heavy (non-hydrogen) atoms. The molecule has 1 aromatic heterocycles. The third kappa shape index (κ3) is 7.80. The molecule has 0 saturated carbocycles. The largest absolute Gasteiger partial charge is 0.488 e. The fourth-order valence-corrected chi connectivity index (χ4v) is 4.20. The van der Waals surface area contributed by atoms with Gasteiger partial charge in [0.15, 0.2) is 12.4 Å². The highest BCUT2D eigenvalue weighted by Gasteiger charge is 2.11. The van der Waals surface area contributed by atoms with Crippen LogP contribution in [0.4, 0.5) is 10.5 Å². The number of pyridine rings is 1. The minimum absolute atomic E-state index is 0.0711. The smallest absolute Gasteiger partial charge is 0.342 e. The Morgan fingerprint density at radius 2 is 1.41 bits per heavy atom. The maximum absolute atomic E-state index is 12.5. The summed E-state index contributed by atoms with van der Waals surface area (Å²) in [4.78, 5) is 24.7. The highest BCUT2D eigenvalue weighted by atomic mass is 16.5. The van der Waals surface area contributed by atoms with E-state index < -0.39 is 5.97 Å². The van der Waals surface area contributed by atoms with Crippen LogP contribution in [0.3, 0.4) is 0 Å². The van der Waals surface area contributed by atoms with Crippen LogP contribution in [-0.2, 0) is 24.6 Å². The Morgan fingerprint density at radius 3 is 2.20 bits per heavy atom. The van der Waals surface area contributed by atoms with Gasteiger partial charge < -0.3 is 20.1 Å². The van der Waals surface area contributed by atoms with Crippen LogP contribution in [0.25, 0.3) is 11.1 Å². The average molecular weight is 545 g/mol. The monoisotopic (exact) mass is 544 g/mol. The summed E-state index contributed by atoms with van der Waals surface area (Å²) in [6, 6.07) is 37.9. The predicted octanol–water partition coefficient (Wildman–Crippen LogP) is 6.36. The molecule has 204 valence electrons. The van der Waals surface area contributed by atoms with E-state index in [1.165, 1.54) is 0 Å². The number of nitrogens with one attached hydrogen (secondary N) is 2. The number of carbonyl (C=O) groups excluding carboxylic acids is 2. The molecule has 5 aromatic rings. The number of aromatic nitrogens is 1. The summed E-state index contributed by atoms with van der Waals surface area (Å²) in [5.74, 6) is 0.424. The first kappa shape index (κ1) is 27.1. The first-order valence-corrected chi connectivity index (χ1v) is 13.3. The van der Waals surface area contributed by atoms with Crippen molar-refractivity contribution in [1.82, 2.24) is 5.32 Å². The molecule has 0 atom stereocenters. The average Bonchev–Trinajstić information content (AvgIpc) is 3.03. The maximum atomic E-state index is 12.5. The summed E-state index contributed by atoms with van der Waals surface area (Å²) in [6.07, 6.45) is 3.62. The van der Waals surface area contributed by atoms with Gasteiger partial charge in [0.1, 0.15) is 12.4 Å². The molecule has 0 spiro atoms. The number of hydrogen-bond acceptors (Lipinski definition) is 4. The van der Waals surface area contributed by atoms with Crippen LogP contribution in [0.2, 0.25) is 0 Å². The van der Waals surface area contributed by atoms with Gasteiger partial charge >= 0.3 is 12.0 Å². The molecule has 5 rings (SSSR count). The van der Waals surface area contributed by atoms with E-state index in [4.69, 9.17) is 9.47 Å². The minimum Gasteiger partial charge on any atom is -0.488 e. The summed E-state index contributed by atoms with van der Waals surface area (Å²) in [7, 11) is 0. The van der Waals surface area contributed by atoms with Crippen molar-refractivity contribution in [2.75, 3.05) is 5.32 Å². The van der Waals surface area contributed by atoms with Gasteiger partial charge in [0.05, 0.1) is 12.1 Å². The van der Waals surface area contributed by atoms with Crippen molar-refractivity contribution in [2.24, 2.45) is 0 Å². The number of hydrogen-bond donors (Lipinski definition) is 2. The van der Waals surface area contributed by atoms with Gasteiger partial charge in [-0.05, 0) is 47.5 Å². The summed E-state index contributed by atoms with van der Waals surface area (Å²) in [5.41, 5.74) is 5.16. The normalized spacial score (nSPS) is 10.4. The highest BCUT2D eigenvalue weighted by Crippen LogP contribution is 2.30. The van der Waals surface area contributed by atoms with Crippen LogP contribution in [0.5, 0.6) is 5.75 Å². The third-order valence-corrected chi connectivity index (χ3v) is 6.30. The van der Waals surface area contributed by atoms with Gasteiger partial charge in [-0.3, -0.25) is 0 Å². The van der Waals surface area contributed by atoms with E-state index >= 15 is 0 Å². The minimum atomic E-state index is -0.393. The van der Waals surface area contributed by atoms with Gasteiger partial charge in [-0.2, -0.15) is 4.57 Å². The van der Waals surface area contributed by atoms with E-state index in [9.17, 15) is 9.59 Å². The number of para-hydroxylation sites is 1. The van der Waals surface area contributed by atoms with Crippen LogP contribution < -0.4 is 19.9 Å². The van der Waals surface area contributed by atoms with Crippen LogP contribution in [-0.4, -0.2) is 12.0 Å². The van der Waals surface area contributed by atoms with E-state index in [-0.39, 0.29) is 12.8 Å². The third-order valence-electron chi connectivity index (χ3n) is 6.30. The van der Waals surface area contributed by atoms with Gasteiger partial charge in [-0.15, -0.1) is 0 Å². The highest BCUT2D eigenvalue weighted by molar-refractivity contribution is 5.89. The topological polar surface area (TPSA) is 80.5 Å². The molecular formula is C34H30N3O4+. The van der Waals surface area contributed by atoms with Crippen molar-refractivity contribution in [3.05, 3.63) is 150 Å². The van der Waals surface area contributed by atoms with Crippen molar-refractivity contribution in [2.45, 2.75) is 19.9 Å². The lowest BCUT2D eigenvalue weighted by Crippen LogP contribution is -2.37. The number of ether oxygens (including phenoxy) is 2. The lowest BCUT2D eigenvalue weighted by molar-refractivity contribution is -0.727. The van der Waals surface area contributed by atoms with E-state index in [0.717, 1.165) is 28.0 Å². The first-order valence-electron chi connectivity index (χ1n) is 13.3. The zero-order chi connectivity index (χ0) is 28.3. The van der Waals surface area contributed by atoms with Crippen LogP contribution in [0.1, 0.15) is 21.5 Å². The van der Waals surface area contributed by atoms with Crippen molar-refractivity contribution in [1.29, 1.82) is 0 Å². The van der Waals surface area contributed by atoms with Gasteiger partial charge in [0.2, 0.25) is 0 Å². The molecular weight excluding hydrogens is 514 g/mol. The van der Waals surface area contributed by atoms with E-state index in [1.807, 2.05) is 91.1 Å². The second-order valence-corrected chi connectivity index (χ2v) is 9.31. The molecule has 0 unspecified atom stereocenters. The van der Waals surface area contributed by atoms with Gasteiger partial charge in [-0.1, -0.05) is 78.9 Å². The second kappa shape index (κ2) is 13.6. The van der Waals surface area contributed by atoms with Crippen LogP contribution in [0.15, 0.2) is 134 Å². The molecule has 2 N–H and O–H groups in total. The molecule has 7 heteroatoms. The summed E-state index contributed by atoms with van der Waals surface area (Å²) in [5, 5.41) is 5.70. The number of anilines is 1. The molecule has 0 bridgehead atoms. The number of amides is 2.